The van der Waals surface area contributed by atoms with Crippen molar-refractivity contribution in [3.05, 3.63) is 23.8 Å². The Kier molecular flexibility index (Phi) is 5.67. The molecule has 0 N–H and O–H groups in total. The maximum atomic E-state index is 11.9. The summed E-state index contributed by atoms with van der Waals surface area (Å²) in [6.07, 6.45) is 0. The van der Waals surface area contributed by atoms with E-state index in [1.807, 2.05) is 25.1 Å². The van der Waals surface area contributed by atoms with Crippen LogP contribution in [-0.4, -0.2) is 38.1 Å². The number of benzene rings is 1. The maximum absolute atomic E-state index is 11.9. The number of rotatable bonds is 6. The van der Waals surface area contributed by atoms with E-state index in [1.54, 1.807) is 19.1 Å². The van der Waals surface area contributed by atoms with Crippen LogP contribution in [0.2, 0.25) is 0 Å². The standard InChI is InChI=1S/C15H23NO3/c1-11(2)9-16(4)15(17)10-19-13-7-6-12(3)8-14(13)18-5/h6-8,11H,9-10H2,1-5H3. The third-order valence-corrected chi connectivity index (χ3v) is 2.74. The first-order valence-corrected chi connectivity index (χ1v) is 6.45. The van der Waals surface area contributed by atoms with E-state index in [2.05, 4.69) is 13.8 Å². The summed E-state index contributed by atoms with van der Waals surface area (Å²) < 4.78 is 10.8. The largest absolute Gasteiger partial charge is 0.493 e. The van der Waals surface area contributed by atoms with Crippen molar-refractivity contribution in [3.8, 4) is 11.5 Å². The third kappa shape index (κ3) is 4.81. The third-order valence-electron chi connectivity index (χ3n) is 2.74. The van der Waals surface area contributed by atoms with Gasteiger partial charge in [-0.15, -0.1) is 0 Å². The number of carbonyl (C=O) groups is 1. The number of hydrogen-bond donors (Lipinski definition) is 0. The Labute approximate surface area is 115 Å². The van der Waals surface area contributed by atoms with E-state index >= 15 is 0 Å². The van der Waals surface area contributed by atoms with Crippen LogP contribution < -0.4 is 9.47 Å². The molecule has 0 fully saturated rings. The summed E-state index contributed by atoms with van der Waals surface area (Å²) in [7, 11) is 3.38. The van der Waals surface area contributed by atoms with Crippen molar-refractivity contribution in [2.24, 2.45) is 5.92 Å². The van der Waals surface area contributed by atoms with Crippen LogP contribution in [0.1, 0.15) is 19.4 Å². The summed E-state index contributed by atoms with van der Waals surface area (Å²) in [4.78, 5) is 13.6. The Balaban J connectivity index is 2.59. The highest BCUT2D eigenvalue weighted by Gasteiger charge is 2.12. The van der Waals surface area contributed by atoms with Gasteiger partial charge in [-0.2, -0.15) is 0 Å². The van der Waals surface area contributed by atoms with Gasteiger partial charge in [0.2, 0.25) is 0 Å². The Morgan fingerprint density at radius 3 is 2.58 bits per heavy atom. The maximum Gasteiger partial charge on any atom is 0.260 e. The number of methoxy groups -OCH3 is 1. The molecule has 0 spiro atoms. The van der Waals surface area contributed by atoms with Gasteiger partial charge in [0, 0.05) is 13.6 Å². The van der Waals surface area contributed by atoms with Gasteiger partial charge in [0.05, 0.1) is 7.11 Å². The molecule has 4 nitrogen and oxygen atoms in total. The van der Waals surface area contributed by atoms with Crippen LogP contribution in [0.3, 0.4) is 0 Å². The second kappa shape index (κ2) is 7.02. The van der Waals surface area contributed by atoms with Gasteiger partial charge in [-0.25, -0.2) is 0 Å². The number of hydrogen-bond acceptors (Lipinski definition) is 3. The molecule has 0 aliphatic heterocycles. The lowest BCUT2D eigenvalue weighted by Crippen LogP contribution is -2.34. The van der Waals surface area contributed by atoms with Gasteiger partial charge >= 0.3 is 0 Å². The Bertz CT molecular complexity index is 429. The lowest BCUT2D eigenvalue weighted by Gasteiger charge is -2.20. The summed E-state index contributed by atoms with van der Waals surface area (Å²) in [5, 5.41) is 0. The van der Waals surface area contributed by atoms with E-state index in [-0.39, 0.29) is 12.5 Å². The molecule has 19 heavy (non-hydrogen) atoms. The zero-order chi connectivity index (χ0) is 14.4. The molecule has 0 saturated carbocycles. The zero-order valence-corrected chi connectivity index (χ0v) is 12.4. The van der Waals surface area contributed by atoms with E-state index in [9.17, 15) is 4.79 Å². The summed E-state index contributed by atoms with van der Waals surface area (Å²) in [6, 6.07) is 5.64. The number of aryl methyl sites for hydroxylation is 1. The van der Waals surface area contributed by atoms with Crippen LogP contribution in [-0.2, 0) is 4.79 Å². The topological polar surface area (TPSA) is 38.8 Å². The zero-order valence-electron chi connectivity index (χ0n) is 12.4. The van der Waals surface area contributed by atoms with E-state index < -0.39 is 0 Å². The molecule has 1 aromatic rings. The van der Waals surface area contributed by atoms with E-state index in [0.717, 1.165) is 12.1 Å². The van der Waals surface area contributed by atoms with Crippen molar-refractivity contribution in [3.63, 3.8) is 0 Å². The van der Waals surface area contributed by atoms with Gasteiger partial charge < -0.3 is 14.4 Å². The molecular weight excluding hydrogens is 242 g/mol. The Hall–Kier alpha value is -1.71. The molecule has 0 heterocycles. The molecule has 4 heteroatoms. The molecule has 0 saturated heterocycles. The van der Waals surface area contributed by atoms with Crippen molar-refractivity contribution in [2.45, 2.75) is 20.8 Å². The van der Waals surface area contributed by atoms with Crippen LogP contribution in [0.25, 0.3) is 0 Å². The van der Waals surface area contributed by atoms with Crippen LogP contribution in [0.5, 0.6) is 11.5 Å². The summed E-state index contributed by atoms with van der Waals surface area (Å²) in [6.45, 7) is 6.89. The lowest BCUT2D eigenvalue weighted by molar-refractivity contribution is -0.132. The van der Waals surface area contributed by atoms with Crippen molar-refractivity contribution in [1.82, 2.24) is 4.90 Å². The molecule has 1 rings (SSSR count). The van der Waals surface area contributed by atoms with E-state index in [1.165, 1.54) is 0 Å². The fourth-order valence-corrected chi connectivity index (χ4v) is 1.79. The second-order valence-electron chi connectivity index (χ2n) is 5.11. The summed E-state index contributed by atoms with van der Waals surface area (Å²) in [5.41, 5.74) is 1.09. The predicted octanol–water partition coefficient (Wildman–Crippen LogP) is 2.50. The van der Waals surface area contributed by atoms with Crippen molar-refractivity contribution in [2.75, 3.05) is 27.3 Å². The molecule has 0 radical (unpaired) electrons. The highest BCUT2D eigenvalue weighted by molar-refractivity contribution is 5.77. The van der Waals surface area contributed by atoms with Crippen LogP contribution in [0.15, 0.2) is 18.2 Å². The van der Waals surface area contributed by atoms with Gasteiger partial charge in [0.15, 0.2) is 18.1 Å². The first-order valence-electron chi connectivity index (χ1n) is 6.45. The quantitative estimate of drug-likeness (QED) is 0.793. The van der Waals surface area contributed by atoms with Crippen molar-refractivity contribution in [1.29, 1.82) is 0 Å². The van der Waals surface area contributed by atoms with Crippen LogP contribution in [0.4, 0.5) is 0 Å². The number of amides is 1. The Morgan fingerprint density at radius 1 is 1.32 bits per heavy atom. The van der Waals surface area contributed by atoms with Gasteiger partial charge in [0.1, 0.15) is 0 Å². The predicted molar refractivity (Wildman–Crippen MR) is 75.7 cm³/mol. The van der Waals surface area contributed by atoms with Crippen molar-refractivity contribution < 1.29 is 14.3 Å². The highest BCUT2D eigenvalue weighted by Crippen LogP contribution is 2.27. The smallest absolute Gasteiger partial charge is 0.260 e. The summed E-state index contributed by atoms with van der Waals surface area (Å²) in [5.74, 6) is 1.66. The highest BCUT2D eigenvalue weighted by atomic mass is 16.5. The molecule has 0 unspecified atom stereocenters. The minimum Gasteiger partial charge on any atom is -0.493 e. The average Bonchev–Trinajstić information content (AvgIpc) is 2.35. The second-order valence-corrected chi connectivity index (χ2v) is 5.11. The van der Waals surface area contributed by atoms with E-state index in [0.29, 0.717) is 17.4 Å². The fraction of sp³-hybridized carbons (Fsp3) is 0.533. The van der Waals surface area contributed by atoms with Crippen molar-refractivity contribution >= 4 is 5.91 Å². The van der Waals surface area contributed by atoms with Crippen LogP contribution in [0, 0.1) is 12.8 Å². The van der Waals surface area contributed by atoms with Gasteiger partial charge in [-0.3, -0.25) is 4.79 Å². The first kappa shape index (κ1) is 15.3. The molecule has 106 valence electrons. The minimum atomic E-state index is -0.0312. The fourth-order valence-electron chi connectivity index (χ4n) is 1.79. The minimum absolute atomic E-state index is 0.0304. The molecular formula is C15H23NO3. The molecule has 0 aliphatic carbocycles. The molecule has 0 aliphatic rings. The van der Waals surface area contributed by atoms with Gasteiger partial charge in [0.25, 0.3) is 5.91 Å². The summed E-state index contributed by atoms with van der Waals surface area (Å²) >= 11 is 0. The first-order chi connectivity index (χ1) is 8.93. The van der Waals surface area contributed by atoms with E-state index in [4.69, 9.17) is 9.47 Å². The van der Waals surface area contributed by atoms with Gasteiger partial charge in [-0.05, 0) is 30.5 Å². The number of carbonyl (C=O) groups excluding carboxylic acids is 1. The van der Waals surface area contributed by atoms with Gasteiger partial charge in [-0.1, -0.05) is 19.9 Å². The molecule has 0 bridgehead atoms. The molecule has 0 atom stereocenters. The Morgan fingerprint density at radius 2 is 2.00 bits per heavy atom. The normalized spacial score (nSPS) is 10.4. The number of nitrogens with zero attached hydrogens (tertiary/aromatic N) is 1. The number of likely N-dealkylation sites (N-methyl/N-ethyl adjacent to an activating group) is 1. The monoisotopic (exact) mass is 265 g/mol. The molecule has 0 aromatic heterocycles. The number of ether oxygens (including phenoxy) is 2. The molecule has 1 aromatic carbocycles. The van der Waals surface area contributed by atoms with Crippen LogP contribution >= 0.6 is 0 Å². The average molecular weight is 265 g/mol. The SMILES string of the molecule is COc1cc(C)ccc1OCC(=O)N(C)CC(C)C. The molecule has 1 amide bonds. The lowest BCUT2D eigenvalue weighted by atomic mass is 10.2.